The largest absolute Gasteiger partial charge is 0.467 e. The summed E-state index contributed by atoms with van der Waals surface area (Å²) in [5.74, 6) is 1.12. The number of furan rings is 1. The summed E-state index contributed by atoms with van der Waals surface area (Å²) < 4.78 is 6.63. The highest BCUT2D eigenvalue weighted by atomic mass is 32.2. The Morgan fingerprint density at radius 2 is 1.93 bits per heavy atom. The number of nitrogens with zero attached hydrogens (tertiary/aromatic N) is 2. The number of carbonyl (C=O) groups excluding carboxylic acids is 1. The van der Waals surface area contributed by atoms with Gasteiger partial charge in [-0.15, -0.1) is 11.8 Å². The summed E-state index contributed by atoms with van der Waals surface area (Å²) in [6.07, 6.45) is 4.00. The molecule has 2 aromatic carbocycles. The van der Waals surface area contributed by atoms with Crippen LogP contribution in [0.3, 0.4) is 0 Å². The van der Waals surface area contributed by atoms with Gasteiger partial charge >= 0.3 is 0 Å². The molecule has 2 heterocycles. The van der Waals surface area contributed by atoms with Crippen molar-refractivity contribution in [3.8, 4) is 0 Å². The number of carbonyl (C=O) groups is 1. The van der Waals surface area contributed by atoms with Crippen LogP contribution in [0.2, 0.25) is 0 Å². The fourth-order valence-electron chi connectivity index (χ4n) is 3.37. The lowest BCUT2D eigenvalue weighted by molar-refractivity contribution is -0.118. The number of aromatic nitrogens is 1. The van der Waals surface area contributed by atoms with Crippen LogP contribution < -0.4 is 4.90 Å². The van der Waals surface area contributed by atoms with Gasteiger partial charge in [-0.25, -0.2) is 4.98 Å². The number of anilines is 1. The number of fused-ring (bicyclic) bond motifs is 1. The van der Waals surface area contributed by atoms with Crippen LogP contribution >= 0.6 is 23.1 Å². The maximum atomic E-state index is 13.3. The molecule has 0 radical (unpaired) electrons. The molecule has 4 nitrogen and oxygen atoms in total. The van der Waals surface area contributed by atoms with Crippen molar-refractivity contribution >= 4 is 44.4 Å². The lowest BCUT2D eigenvalue weighted by Gasteiger charge is -2.19. The number of rotatable bonds is 7. The molecule has 1 amide bonds. The number of thiazole rings is 1. The Bertz CT molecular complexity index is 1130. The van der Waals surface area contributed by atoms with E-state index in [0.29, 0.717) is 24.0 Å². The second-order valence-electron chi connectivity index (χ2n) is 7.43. The van der Waals surface area contributed by atoms with E-state index >= 15 is 0 Å². The van der Waals surface area contributed by atoms with Gasteiger partial charge in [0.15, 0.2) is 5.13 Å². The molecule has 4 aromatic rings. The van der Waals surface area contributed by atoms with Crippen molar-refractivity contribution < 1.29 is 9.21 Å². The third kappa shape index (κ3) is 4.45. The Labute approximate surface area is 184 Å². The van der Waals surface area contributed by atoms with Gasteiger partial charge in [0, 0.05) is 4.90 Å². The summed E-state index contributed by atoms with van der Waals surface area (Å²) in [5, 5.41) is 0.709. The summed E-state index contributed by atoms with van der Waals surface area (Å²) in [6, 6.07) is 18.1. The molecule has 6 heteroatoms. The zero-order valence-corrected chi connectivity index (χ0v) is 18.9. The Kier molecular flexibility index (Phi) is 6.25. The van der Waals surface area contributed by atoms with Crippen LogP contribution in [0, 0.1) is 0 Å². The number of benzene rings is 2. The first-order valence-corrected chi connectivity index (χ1v) is 11.9. The van der Waals surface area contributed by atoms with Gasteiger partial charge in [-0.05, 0) is 53.6 Å². The van der Waals surface area contributed by atoms with Gasteiger partial charge in [-0.2, -0.15) is 0 Å². The smallest absolute Gasteiger partial charge is 0.233 e. The number of hydrogen-bond acceptors (Lipinski definition) is 5. The van der Waals surface area contributed by atoms with E-state index in [1.807, 2.05) is 30.5 Å². The molecule has 0 atom stereocenters. The molecule has 0 aliphatic heterocycles. The van der Waals surface area contributed by atoms with Crippen molar-refractivity contribution in [2.45, 2.75) is 37.6 Å². The third-order valence-corrected chi connectivity index (χ3v) is 6.79. The molecule has 0 fully saturated rings. The van der Waals surface area contributed by atoms with Crippen LogP contribution in [-0.4, -0.2) is 17.1 Å². The van der Waals surface area contributed by atoms with Crippen LogP contribution in [0.25, 0.3) is 10.2 Å². The van der Waals surface area contributed by atoms with E-state index in [4.69, 9.17) is 9.40 Å². The predicted octanol–water partition coefficient (Wildman–Crippen LogP) is 6.51. The highest BCUT2D eigenvalue weighted by Crippen LogP contribution is 2.34. The Hall–Kier alpha value is -2.57. The number of para-hydroxylation sites is 1. The molecule has 2 aromatic heterocycles. The van der Waals surface area contributed by atoms with E-state index in [0.717, 1.165) is 21.5 Å². The molecule has 154 valence electrons. The number of amides is 1. The van der Waals surface area contributed by atoms with Crippen molar-refractivity contribution in [3.63, 3.8) is 0 Å². The first-order valence-electron chi connectivity index (χ1n) is 9.90. The average molecular weight is 437 g/mol. The highest BCUT2D eigenvalue weighted by Gasteiger charge is 2.22. The van der Waals surface area contributed by atoms with Crippen molar-refractivity contribution in [1.29, 1.82) is 0 Å². The van der Waals surface area contributed by atoms with Crippen LogP contribution in [0.1, 0.15) is 36.7 Å². The van der Waals surface area contributed by atoms with Gasteiger partial charge in [0.1, 0.15) is 5.76 Å². The molecule has 0 aliphatic carbocycles. The monoisotopic (exact) mass is 436 g/mol. The fraction of sp³-hybridized carbons (Fsp3) is 0.250. The van der Waals surface area contributed by atoms with E-state index in [1.165, 1.54) is 10.5 Å². The van der Waals surface area contributed by atoms with Crippen LogP contribution in [-0.2, 0) is 17.8 Å². The van der Waals surface area contributed by atoms with E-state index in [1.54, 1.807) is 34.3 Å². The third-order valence-electron chi connectivity index (χ3n) is 5.00. The molecule has 0 saturated heterocycles. The minimum absolute atomic E-state index is 0.00783. The van der Waals surface area contributed by atoms with Crippen LogP contribution in [0.15, 0.2) is 70.2 Å². The second-order valence-corrected chi connectivity index (χ2v) is 9.32. The van der Waals surface area contributed by atoms with E-state index in [2.05, 4.69) is 44.2 Å². The zero-order valence-electron chi connectivity index (χ0n) is 17.3. The summed E-state index contributed by atoms with van der Waals surface area (Å²) >= 11 is 3.24. The maximum Gasteiger partial charge on any atom is 0.233 e. The molecule has 0 bridgehead atoms. The average Bonchev–Trinajstić information content (AvgIpc) is 3.41. The van der Waals surface area contributed by atoms with Gasteiger partial charge in [0.2, 0.25) is 5.91 Å². The van der Waals surface area contributed by atoms with E-state index in [-0.39, 0.29) is 5.91 Å². The van der Waals surface area contributed by atoms with Gasteiger partial charge in [-0.1, -0.05) is 49.4 Å². The quantitative estimate of drug-likeness (QED) is 0.310. The highest BCUT2D eigenvalue weighted by molar-refractivity contribution is 7.98. The minimum atomic E-state index is 0.00783. The lowest BCUT2D eigenvalue weighted by atomic mass is 10.0. The van der Waals surface area contributed by atoms with Crippen molar-refractivity contribution in [2.24, 2.45) is 0 Å². The normalized spacial score (nSPS) is 11.3. The Morgan fingerprint density at radius 3 is 2.60 bits per heavy atom. The summed E-state index contributed by atoms with van der Waals surface area (Å²) in [5.41, 5.74) is 3.17. The topological polar surface area (TPSA) is 46.3 Å². The summed E-state index contributed by atoms with van der Waals surface area (Å²) in [7, 11) is 0. The van der Waals surface area contributed by atoms with Gasteiger partial charge in [-0.3, -0.25) is 9.69 Å². The van der Waals surface area contributed by atoms with Gasteiger partial charge in [0.05, 0.1) is 29.4 Å². The number of hydrogen-bond donors (Lipinski definition) is 0. The predicted molar refractivity (Wildman–Crippen MR) is 126 cm³/mol. The summed E-state index contributed by atoms with van der Waals surface area (Å²) in [4.78, 5) is 21.2. The fourth-order valence-corrected chi connectivity index (χ4v) is 4.80. The standard InChI is InChI=1S/C24H24N2O2S2/c1-16(2)20-7-4-8-21-23(20)25-24(30-21)26(15-18-6-5-13-28-18)22(27)14-17-9-11-19(29-3)12-10-17/h4-13,16H,14-15H2,1-3H3. The molecule has 0 spiro atoms. The minimum Gasteiger partial charge on any atom is -0.467 e. The Balaban J connectivity index is 1.68. The summed E-state index contributed by atoms with van der Waals surface area (Å²) in [6.45, 7) is 4.70. The molecule has 0 aliphatic rings. The van der Waals surface area contributed by atoms with Crippen LogP contribution in [0.5, 0.6) is 0 Å². The molecule has 0 N–H and O–H groups in total. The van der Waals surface area contributed by atoms with Crippen molar-refractivity contribution in [2.75, 3.05) is 11.2 Å². The van der Waals surface area contributed by atoms with Crippen LogP contribution in [0.4, 0.5) is 5.13 Å². The van der Waals surface area contributed by atoms with Gasteiger partial charge in [0.25, 0.3) is 0 Å². The maximum absolute atomic E-state index is 13.3. The lowest BCUT2D eigenvalue weighted by Crippen LogP contribution is -2.31. The first-order chi connectivity index (χ1) is 14.5. The second kappa shape index (κ2) is 9.06. The number of thioether (sulfide) groups is 1. The van der Waals surface area contributed by atoms with E-state index in [9.17, 15) is 4.79 Å². The molecular formula is C24H24N2O2S2. The molecule has 0 saturated carbocycles. The molecular weight excluding hydrogens is 412 g/mol. The van der Waals surface area contributed by atoms with Crippen molar-refractivity contribution in [3.05, 3.63) is 77.7 Å². The van der Waals surface area contributed by atoms with Crippen molar-refractivity contribution in [1.82, 2.24) is 4.98 Å². The molecule has 4 rings (SSSR count). The van der Waals surface area contributed by atoms with E-state index < -0.39 is 0 Å². The molecule has 30 heavy (non-hydrogen) atoms. The first kappa shape index (κ1) is 20.7. The molecule has 0 unspecified atom stereocenters. The SMILES string of the molecule is CSc1ccc(CC(=O)N(Cc2ccco2)c2nc3c(C(C)C)cccc3s2)cc1. The zero-order chi connectivity index (χ0) is 21.1. The van der Waals surface area contributed by atoms with Gasteiger partial charge < -0.3 is 4.42 Å². The Morgan fingerprint density at radius 1 is 1.13 bits per heavy atom.